The first kappa shape index (κ1) is 25.6. The average molecular weight is 516 g/mol. The van der Waals surface area contributed by atoms with Gasteiger partial charge in [-0.15, -0.1) is 0 Å². The number of carbonyl (C=O) groups excluding carboxylic acids is 1. The summed E-state index contributed by atoms with van der Waals surface area (Å²) < 4.78 is 34.6. The number of unbranched alkanes of at least 4 members (excludes halogenated alkanes) is 1. The lowest BCUT2D eigenvalue weighted by Crippen LogP contribution is -2.41. The number of amides is 1. The number of rotatable bonds is 9. The maximum atomic E-state index is 13.0. The van der Waals surface area contributed by atoms with Crippen LogP contribution in [0.3, 0.4) is 0 Å². The van der Waals surface area contributed by atoms with Crippen molar-refractivity contribution in [3.8, 4) is 5.19 Å². The van der Waals surface area contributed by atoms with Crippen LogP contribution in [0.2, 0.25) is 0 Å². The first-order valence-electron chi connectivity index (χ1n) is 12.3. The van der Waals surface area contributed by atoms with Crippen molar-refractivity contribution >= 4 is 37.5 Å². The summed E-state index contributed by atoms with van der Waals surface area (Å²) in [6.45, 7) is 8.04. The van der Waals surface area contributed by atoms with E-state index in [1.807, 2.05) is 37.8 Å². The highest BCUT2D eigenvalue weighted by Crippen LogP contribution is 2.31. The van der Waals surface area contributed by atoms with Crippen molar-refractivity contribution in [3.05, 3.63) is 53.6 Å². The fourth-order valence-corrected chi connectivity index (χ4v) is 6.77. The number of fused-ring (bicyclic) bond motifs is 1. The molecule has 1 aromatic heterocycles. The monoisotopic (exact) mass is 515 g/mol. The molecule has 0 bridgehead atoms. The predicted octanol–water partition coefficient (Wildman–Crippen LogP) is 5.10. The second kappa shape index (κ2) is 11.1. The predicted molar refractivity (Wildman–Crippen MR) is 140 cm³/mol. The van der Waals surface area contributed by atoms with Crippen molar-refractivity contribution in [2.45, 2.75) is 57.5 Å². The molecule has 0 spiro atoms. The molecule has 35 heavy (non-hydrogen) atoms. The SMILES string of the molecule is CCCCN(CC)S(=O)(=O)c1ccc(C(=O)N2CCC(Oc3nc4c(C)cccc4s3)CC2)cc1. The van der Waals surface area contributed by atoms with Gasteiger partial charge in [0.2, 0.25) is 10.0 Å². The van der Waals surface area contributed by atoms with Crippen molar-refractivity contribution in [1.29, 1.82) is 0 Å². The smallest absolute Gasteiger partial charge is 0.274 e. The Labute approximate surface area is 211 Å². The molecule has 7 nitrogen and oxygen atoms in total. The zero-order chi connectivity index (χ0) is 25.0. The first-order valence-corrected chi connectivity index (χ1v) is 14.5. The standard InChI is InChI=1S/C26H33N3O4S2/c1-4-6-16-29(5-2)35(31,32)22-12-10-20(11-13-22)25(30)28-17-14-21(15-18-28)33-26-27-24-19(3)8-7-9-23(24)34-26/h7-13,21H,4-6,14-18H2,1-3H3. The topological polar surface area (TPSA) is 79.8 Å². The Bertz CT molecular complexity index is 1260. The number of para-hydroxylation sites is 1. The van der Waals surface area contributed by atoms with E-state index in [-0.39, 0.29) is 16.9 Å². The molecule has 0 unspecified atom stereocenters. The van der Waals surface area contributed by atoms with E-state index in [2.05, 4.69) is 11.1 Å². The molecule has 9 heteroatoms. The van der Waals surface area contributed by atoms with Gasteiger partial charge >= 0.3 is 0 Å². The Morgan fingerprint density at radius 1 is 1.14 bits per heavy atom. The summed E-state index contributed by atoms with van der Waals surface area (Å²) >= 11 is 1.55. The fourth-order valence-electron chi connectivity index (χ4n) is 4.32. The Morgan fingerprint density at radius 2 is 1.86 bits per heavy atom. The average Bonchev–Trinajstić information content (AvgIpc) is 3.28. The lowest BCUT2D eigenvalue weighted by Gasteiger charge is -2.31. The summed E-state index contributed by atoms with van der Waals surface area (Å²) in [6.07, 6.45) is 3.24. The highest BCUT2D eigenvalue weighted by atomic mass is 32.2. The second-order valence-corrected chi connectivity index (χ2v) is 11.8. The normalized spacial score (nSPS) is 15.1. The second-order valence-electron chi connectivity index (χ2n) is 8.89. The molecule has 3 aromatic rings. The molecule has 2 heterocycles. The highest BCUT2D eigenvalue weighted by Gasteiger charge is 2.27. The van der Waals surface area contributed by atoms with E-state index in [4.69, 9.17) is 4.74 Å². The third kappa shape index (κ3) is 5.68. The van der Waals surface area contributed by atoms with Crippen LogP contribution >= 0.6 is 11.3 Å². The van der Waals surface area contributed by atoms with Gasteiger partial charge in [-0.1, -0.05) is 43.7 Å². The van der Waals surface area contributed by atoms with Gasteiger partial charge in [0, 0.05) is 44.6 Å². The molecule has 0 radical (unpaired) electrons. The minimum absolute atomic E-state index is 0.0237. The molecular weight excluding hydrogens is 482 g/mol. The van der Waals surface area contributed by atoms with Gasteiger partial charge in [-0.2, -0.15) is 4.31 Å². The van der Waals surface area contributed by atoms with Gasteiger partial charge in [0.05, 0.1) is 15.1 Å². The third-order valence-electron chi connectivity index (χ3n) is 6.45. The van der Waals surface area contributed by atoms with Gasteiger partial charge in [-0.05, 0) is 49.2 Å². The maximum absolute atomic E-state index is 13.0. The summed E-state index contributed by atoms with van der Waals surface area (Å²) in [6, 6.07) is 12.5. The minimum Gasteiger partial charge on any atom is -0.467 e. The minimum atomic E-state index is -3.55. The van der Waals surface area contributed by atoms with Crippen LogP contribution in [0.15, 0.2) is 47.4 Å². The summed E-state index contributed by atoms with van der Waals surface area (Å²) in [7, 11) is -3.55. The number of thiazole rings is 1. The number of likely N-dealkylation sites (tertiary alicyclic amines) is 1. The number of piperidine rings is 1. The summed E-state index contributed by atoms with van der Waals surface area (Å²) in [5.74, 6) is -0.0821. The zero-order valence-electron chi connectivity index (χ0n) is 20.6. The Morgan fingerprint density at radius 3 is 2.49 bits per heavy atom. The van der Waals surface area contributed by atoms with Crippen molar-refractivity contribution in [2.24, 2.45) is 0 Å². The highest BCUT2D eigenvalue weighted by molar-refractivity contribution is 7.89. The quantitative estimate of drug-likeness (QED) is 0.396. The van der Waals surface area contributed by atoms with Crippen molar-refractivity contribution in [1.82, 2.24) is 14.2 Å². The largest absolute Gasteiger partial charge is 0.467 e. The summed E-state index contributed by atoms with van der Waals surface area (Å²) in [4.78, 5) is 19.7. The van der Waals surface area contributed by atoms with Crippen LogP contribution in [-0.2, 0) is 10.0 Å². The Balaban J connectivity index is 1.35. The number of sulfonamides is 1. The molecule has 0 aliphatic carbocycles. The zero-order valence-corrected chi connectivity index (χ0v) is 22.2. The van der Waals surface area contributed by atoms with Crippen molar-refractivity contribution in [2.75, 3.05) is 26.2 Å². The van der Waals surface area contributed by atoms with Gasteiger partial charge in [0.1, 0.15) is 6.10 Å². The van der Waals surface area contributed by atoms with Crippen LogP contribution in [0.5, 0.6) is 5.19 Å². The van der Waals surface area contributed by atoms with E-state index in [1.54, 1.807) is 35.6 Å². The molecule has 1 saturated heterocycles. The molecule has 1 aliphatic heterocycles. The van der Waals surface area contributed by atoms with Gasteiger partial charge < -0.3 is 9.64 Å². The molecule has 1 aliphatic rings. The van der Waals surface area contributed by atoms with E-state index in [1.165, 1.54) is 4.31 Å². The van der Waals surface area contributed by atoms with E-state index in [0.717, 1.165) is 41.5 Å². The molecule has 1 amide bonds. The molecule has 0 N–H and O–H groups in total. The van der Waals surface area contributed by atoms with E-state index in [9.17, 15) is 13.2 Å². The Hall–Kier alpha value is -2.49. The number of carbonyl (C=O) groups is 1. The van der Waals surface area contributed by atoms with Crippen LogP contribution in [0.4, 0.5) is 0 Å². The molecule has 4 rings (SSSR count). The van der Waals surface area contributed by atoms with Gasteiger partial charge in [-0.25, -0.2) is 13.4 Å². The molecule has 0 saturated carbocycles. The summed E-state index contributed by atoms with van der Waals surface area (Å²) in [5.41, 5.74) is 2.62. The molecule has 0 atom stereocenters. The number of benzene rings is 2. The molecular formula is C26H33N3O4S2. The molecule has 2 aromatic carbocycles. The van der Waals surface area contributed by atoms with Crippen molar-refractivity contribution < 1.29 is 17.9 Å². The lowest BCUT2D eigenvalue weighted by atomic mass is 10.1. The number of nitrogens with zero attached hydrogens (tertiary/aromatic N) is 3. The van der Waals surface area contributed by atoms with Crippen molar-refractivity contribution in [3.63, 3.8) is 0 Å². The number of aryl methyl sites for hydroxylation is 1. The van der Waals surface area contributed by atoms with Crippen LogP contribution in [0, 0.1) is 6.92 Å². The van der Waals surface area contributed by atoms with Crippen LogP contribution in [0.25, 0.3) is 10.2 Å². The number of hydrogen-bond acceptors (Lipinski definition) is 6. The fraction of sp³-hybridized carbons (Fsp3) is 0.462. The van der Waals surface area contributed by atoms with Gasteiger partial charge in [0.15, 0.2) is 0 Å². The third-order valence-corrected chi connectivity index (χ3v) is 9.35. The lowest BCUT2D eigenvalue weighted by molar-refractivity contribution is 0.0595. The van der Waals surface area contributed by atoms with Crippen LogP contribution in [-0.4, -0.2) is 60.8 Å². The van der Waals surface area contributed by atoms with E-state index < -0.39 is 10.0 Å². The van der Waals surface area contributed by atoms with Gasteiger partial charge in [0.25, 0.3) is 11.1 Å². The maximum Gasteiger partial charge on any atom is 0.274 e. The van der Waals surface area contributed by atoms with Gasteiger partial charge in [-0.3, -0.25) is 4.79 Å². The van der Waals surface area contributed by atoms with E-state index in [0.29, 0.717) is 36.9 Å². The first-order chi connectivity index (χ1) is 16.8. The number of hydrogen-bond donors (Lipinski definition) is 0. The molecule has 1 fully saturated rings. The number of aromatic nitrogens is 1. The van der Waals surface area contributed by atoms with E-state index >= 15 is 0 Å². The summed E-state index contributed by atoms with van der Waals surface area (Å²) in [5, 5.41) is 0.677. The number of ether oxygens (including phenoxy) is 1. The Kier molecular flexibility index (Phi) is 8.09. The van der Waals surface area contributed by atoms with Crippen LogP contribution < -0.4 is 4.74 Å². The van der Waals surface area contributed by atoms with Crippen LogP contribution in [0.1, 0.15) is 55.5 Å². The molecule has 188 valence electrons.